The van der Waals surface area contributed by atoms with E-state index in [0.717, 1.165) is 22.0 Å². The highest BCUT2D eigenvalue weighted by Gasteiger charge is 2.42. The first-order valence-electron chi connectivity index (χ1n) is 11.9. The molecule has 2 heterocycles. The maximum atomic E-state index is 13.7. The number of carbonyl (C=O) groups excluding carboxylic acids is 2. The molecule has 7 heteroatoms. The first-order valence-corrected chi connectivity index (χ1v) is 11.9. The summed E-state index contributed by atoms with van der Waals surface area (Å²) in [5, 5.41) is 11.8. The summed E-state index contributed by atoms with van der Waals surface area (Å²) in [7, 11) is 1.60. The van der Waals surface area contributed by atoms with Crippen LogP contribution in [0.25, 0.3) is 17.0 Å². The summed E-state index contributed by atoms with van der Waals surface area (Å²) < 4.78 is 19.0. The number of hydrogen-bond acceptors (Lipinski definition) is 4. The van der Waals surface area contributed by atoms with Gasteiger partial charge >= 0.3 is 0 Å². The Hall–Kier alpha value is -4.65. The quantitative estimate of drug-likeness (QED) is 0.314. The molecule has 186 valence electrons. The molecular weight excluding hydrogens is 471 g/mol. The van der Waals surface area contributed by atoms with Crippen LogP contribution in [0.2, 0.25) is 0 Å². The van der Waals surface area contributed by atoms with Gasteiger partial charge in [0.05, 0.1) is 18.7 Å². The van der Waals surface area contributed by atoms with Gasteiger partial charge in [-0.2, -0.15) is 0 Å². The topological polar surface area (TPSA) is 82.6 Å². The molecule has 0 aliphatic carbocycles. The molecule has 5 rings (SSSR count). The summed E-state index contributed by atoms with van der Waals surface area (Å²) in [5.41, 5.74) is 3.22. The van der Waals surface area contributed by atoms with Crippen LogP contribution in [0.5, 0.6) is 5.75 Å². The Labute approximate surface area is 213 Å². The smallest absolute Gasteiger partial charge is 0.290 e. The highest BCUT2D eigenvalue weighted by atomic mass is 19.1. The van der Waals surface area contributed by atoms with Gasteiger partial charge in [-0.3, -0.25) is 9.59 Å². The second kappa shape index (κ2) is 10.1. The maximum Gasteiger partial charge on any atom is 0.290 e. The Morgan fingerprint density at radius 2 is 1.86 bits per heavy atom. The maximum absolute atomic E-state index is 13.7. The van der Waals surface area contributed by atoms with Gasteiger partial charge in [0, 0.05) is 23.6 Å². The van der Waals surface area contributed by atoms with E-state index in [9.17, 15) is 19.1 Å². The van der Waals surface area contributed by atoms with Crippen LogP contribution < -0.4 is 4.74 Å². The number of aromatic nitrogens is 1. The van der Waals surface area contributed by atoms with Crippen molar-refractivity contribution >= 4 is 28.7 Å². The number of benzene rings is 3. The molecule has 1 aromatic heterocycles. The molecule has 1 aliphatic heterocycles. The van der Waals surface area contributed by atoms with Gasteiger partial charge in [-0.05, 0) is 59.5 Å². The number of rotatable bonds is 8. The molecule has 2 N–H and O–H groups in total. The van der Waals surface area contributed by atoms with Crippen LogP contribution in [-0.4, -0.2) is 40.3 Å². The molecule has 0 unspecified atom stereocenters. The van der Waals surface area contributed by atoms with Gasteiger partial charge in [-0.1, -0.05) is 48.5 Å². The molecule has 0 saturated heterocycles. The minimum Gasteiger partial charge on any atom is -0.503 e. The molecule has 37 heavy (non-hydrogen) atoms. The third-order valence-corrected chi connectivity index (χ3v) is 6.58. The average molecular weight is 497 g/mol. The molecule has 4 aromatic rings. The van der Waals surface area contributed by atoms with Gasteiger partial charge in [0.15, 0.2) is 11.5 Å². The number of aliphatic hydroxyl groups is 1. The third-order valence-electron chi connectivity index (χ3n) is 6.58. The zero-order chi connectivity index (χ0) is 25.9. The SMILES string of the molecule is COc1ccc2[nH]cc(CCN3C(=O)C(O)=C(C(=O)/C=C/c4ccccc4)[C@@H]3c3ccc(F)cc3)c2c1. The molecule has 0 spiro atoms. The number of ketones is 1. The number of hydrogen-bond donors (Lipinski definition) is 2. The number of amides is 1. The predicted octanol–water partition coefficient (Wildman–Crippen LogP) is 5.54. The fourth-order valence-electron chi connectivity index (χ4n) is 4.69. The Kier molecular flexibility index (Phi) is 6.60. The first-order chi connectivity index (χ1) is 18.0. The lowest BCUT2D eigenvalue weighted by atomic mass is 9.95. The molecule has 3 aromatic carbocycles. The Bertz CT molecular complexity index is 1520. The molecule has 0 fully saturated rings. The van der Waals surface area contributed by atoms with E-state index in [4.69, 9.17) is 4.74 Å². The van der Waals surface area contributed by atoms with E-state index in [1.807, 2.05) is 54.7 Å². The van der Waals surface area contributed by atoms with Crippen molar-refractivity contribution in [3.05, 3.63) is 119 Å². The Morgan fingerprint density at radius 1 is 1.11 bits per heavy atom. The van der Waals surface area contributed by atoms with Gasteiger partial charge in [-0.25, -0.2) is 4.39 Å². The summed E-state index contributed by atoms with van der Waals surface area (Å²) in [6.07, 6.45) is 5.32. The fourth-order valence-corrected chi connectivity index (χ4v) is 4.69. The van der Waals surface area contributed by atoms with Gasteiger partial charge in [-0.15, -0.1) is 0 Å². The number of methoxy groups -OCH3 is 1. The van der Waals surface area contributed by atoms with Gasteiger partial charge in [0.25, 0.3) is 5.91 Å². The van der Waals surface area contributed by atoms with E-state index in [1.54, 1.807) is 13.2 Å². The Balaban J connectivity index is 1.46. The number of nitrogens with one attached hydrogen (secondary N) is 1. The lowest BCUT2D eigenvalue weighted by molar-refractivity contribution is -0.129. The molecular formula is C30H25FN2O4. The van der Waals surface area contributed by atoms with E-state index in [1.165, 1.54) is 35.2 Å². The van der Waals surface area contributed by atoms with Crippen molar-refractivity contribution < 1.29 is 23.8 Å². The molecule has 0 saturated carbocycles. The van der Waals surface area contributed by atoms with E-state index in [-0.39, 0.29) is 12.1 Å². The van der Waals surface area contributed by atoms with Crippen molar-refractivity contribution in [1.29, 1.82) is 0 Å². The highest BCUT2D eigenvalue weighted by Crippen LogP contribution is 2.38. The van der Waals surface area contributed by atoms with Crippen LogP contribution in [-0.2, 0) is 16.0 Å². The lowest BCUT2D eigenvalue weighted by Crippen LogP contribution is -2.33. The summed E-state index contributed by atoms with van der Waals surface area (Å²) in [6, 6.07) is 19.7. The van der Waals surface area contributed by atoms with Gasteiger partial charge < -0.3 is 19.7 Å². The molecule has 0 radical (unpaired) electrons. The third kappa shape index (κ3) is 4.76. The molecule has 1 aliphatic rings. The summed E-state index contributed by atoms with van der Waals surface area (Å²) >= 11 is 0. The van der Waals surface area contributed by atoms with E-state index >= 15 is 0 Å². The number of H-pyrrole nitrogens is 1. The van der Waals surface area contributed by atoms with Crippen LogP contribution in [0.3, 0.4) is 0 Å². The number of halogens is 1. The second-order valence-corrected chi connectivity index (χ2v) is 8.80. The van der Waals surface area contributed by atoms with Crippen molar-refractivity contribution in [2.75, 3.05) is 13.7 Å². The number of nitrogens with zero attached hydrogens (tertiary/aromatic N) is 1. The second-order valence-electron chi connectivity index (χ2n) is 8.80. The van der Waals surface area contributed by atoms with E-state index in [0.29, 0.717) is 17.7 Å². The number of carbonyl (C=O) groups is 2. The van der Waals surface area contributed by atoms with Crippen molar-refractivity contribution in [3.8, 4) is 5.75 Å². The number of ether oxygens (including phenoxy) is 1. The molecule has 1 atom stereocenters. The predicted molar refractivity (Wildman–Crippen MR) is 140 cm³/mol. The van der Waals surface area contributed by atoms with Crippen molar-refractivity contribution in [3.63, 3.8) is 0 Å². The molecule has 6 nitrogen and oxygen atoms in total. The van der Waals surface area contributed by atoms with Crippen LogP contribution in [0, 0.1) is 5.82 Å². The average Bonchev–Trinajstić information content (AvgIpc) is 3.44. The van der Waals surface area contributed by atoms with Gasteiger partial charge in [0.1, 0.15) is 11.6 Å². The number of aromatic amines is 1. The monoisotopic (exact) mass is 496 g/mol. The number of aliphatic hydroxyl groups excluding tert-OH is 1. The van der Waals surface area contributed by atoms with Crippen LogP contribution in [0.15, 0.2) is 96.4 Å². The first kappa shape index (κ1) is 24.1. The van der Waals surface area contributed by atoms with Crippen LogP contribution >= 0.6 is 0 Å². The lowest BCUT2D eigenvalue weighted by Gasteiger charge is -2.26. The summed E-state index contributed by atoms with van der Waals surface area (Å²) in [6.45, 7) is 0.230. The summed E-state index contributed by atoms with van der Waals surface area (Å²) in [4.78, 5) is 31.2. The standard InChI is InChI=1S/C30H25FN2O4/c1-37-23-12-13-25-24(17-23)21(18-32-25)15-16-33-28(20-8-10-22(31)11-9-20)27(29(35)30(33)36)26(34)14-7-19-5-3-2-4-6-19/h2-14,17-18,28,32,35H,15-16H2,1H3/b14-7+/t28-/m0/s1. The fraction of sp³-hybridized carbons (Fsp3) is 0.133. The normalized spacial score (nSPS) is 15.8. The van der Waals surface area contributed by atoms with Crippen LogP contribution in [0.1, 0.15) is 22.7 Å². The van der Waals surface area contributed by atoms with Gasteiger partial charge in [0.2, 0.25) is 0 Å². The number of fused-ring (bicyclic) bond motifs is 1. The zero-order valence-corrected chi connectivity index (χ0v) is 20.1. The number of allylic oxidation sites excluding steroid dienone is 1. The van der Waals surface area contributed by atoms with Crippen LogP contribution in [0.4, 0.5) is 4.39 Å². The van der Waals surface area contributed by atoms with E-state index < -0.39 is 29.3 Å². The van der Waals surface area contributed by atoms with Crippen molar-refractivity contribution in [2.24, 2.45) is 0 Å². The zero-order valence-electron chi connectivity index (χ0n) is 20.1. The highest BCUT2D eigenvalue weighted by molar-refractivity contribution is 6.14. The molecule has 0 bridgehead atoms. The minimum atomic E-state index is -0.847. The summed E-state index contributed by atoms with van der Waals surface area (Å²) in [5.74, 6) is -1.42. The minimum absolute atomic E-state index is 0.0237. The molecule has 1 amide bonds. The largest absolute Gasteiger partial charge is 0.503 e. The van der Waals surface area contributed by atoms with E-state index in [2.05, 4.69) is 4.98 Å². The van der Waals surface area contributed by atoms with Crippen molar-refractivity contribution in [1.82, 2.24) is 9.88 Å². The van der Waals surface area contributed by atoms with Crippen molar-refractivity contribution in [2.45, 2.75) is 12.5 Å². The Morgan fingerprint density at radius 3 is 2.59 bits per heavy atom.